The average molecular weight is 928 g/mol. The van der Waals surface area contributed by atoms with Crippen LogP contribution in [-0.4, -0.2) is 12.8 Å². The van der Waals surface area contributed by atoms with E-state index in [0.29, 0.717) is 22.6 Å². The third-order valence-electron chi connectivity index (χ3n) is 14.0. The summed E-state index contributed by atoms with van der Waals surface area (Å²) in [6.07, 6.45) is 13.4. The van der Waals surface area contributed by atoms with E-state index in [-0.39, 0.29) is 0 Å². The predicted molar refractivity (Wildman–Crippen MR) is 305 cm³/mol. The molecule has 0 spiro atoms. The topological polar surface area (TPSA) is 42.2 Å². The molecule has 0 saturated heterocycles. The lowest BCUT2D eigenvalue weighted by Crippen LogP contribution is -2.18. The highest BCUT2D eigenvalue weighted by Gasteiger charge is 2.21. The molecule has 1 aliphatic carbocycles. The van der Waals surface area contributed by atoms with Crippen molar-refractivity contribution in [3.8, 4) is 44.5 Å². The van der Waals surface area contributed by atoms with Gasteiger partial charge >= 0.3 is 0 Å². The lowest BCUT2D eigenvalue weighted by Gasteiger charge is -2.27. The second-order valence-corrected chi connectivity index (χ2v) is 18.9. The van der Waals surface area contributed by atoms with E-state index in [1.165, 1.54) is 65.7 Å². The van der Waals surface area contributed by atoms with E-state index in [9.17, 15) is 0 Å². The van der Waals surface area contributed by atoms with Crippen molar-refractivity contribution in [2.45, 2.75) is 19.3 Å². The maximum absolute atomic E-state index is 7.13. The number of halogens is 1. The fourth-order valence-electron chi connectivity index (χ4n) is 10.5. The number of fused-ring (bicyclic) bond motifs is 5. The van der Waals surface area contributed by atoms with Crippen LogP contribution in [0.15, 0.2) is 231 Å². The molecule has 3 nitrogen and oxygen atoms in total. The molecule has 71 heavy (non-hydrogen) atoms. The van der Waals surface area contributed by atoms with Crippen LogP contribution in [0.3, 0.4) is 0 Å². The number of anilines is 3. The molecule has 0 fully saturated rings. The number of nitrogens with two attached hydrogens (primary N) is 1. The van der Waals surface area contributed by atoms with Crippen LogP contribution < -0.4 is 16.1 Å². The zero-order valence-corrected chi connectivity index (χ0v) is 39.9. The van der Waals surface area contributed by atoms with E-state index in [4.69, 9.17) is 25.2 Å². The molecule has 12 rings (SSSR count). The minimum absolute atomic E-state index is 0.573. The monoisotopic (exact) mass is 927 g/mol. The van der Waals surface area contributed by atoms with Crippen LogP contribution in [0.5, 0.6) is 0 Å². The van der Waals surface area contributed by atoms with E-state index < -0.39 is 0 Å². The van der Waals surface area contributed by atoms with Gasteiger partial charge in [-0.3, -0.25) is 4.98 Å². The largest absolute Gasteiger partial charge is 0.397 e. The van der Waals surface area contributed by atoms with Gasteiger partial charge < -0.3 is 10.6 Å². The van der Waals surface area contributed by atoms with Gasteiger partial charge in [0, 0.05) is 33.6 Å². The van der Waals surface area contributed by atoms with Gasteiger partial charge in [0.05, 0.1) is 16.9 Å². The fraction of sp³-hybridized carbons (Fsp3) is 0.0455. The molecule has 0 amide bonds. The van der Waals surface area contributed by atoms with Crippen molar-refractivity contribution in [2.24, 2.45) is 0 Å². The van der Waals surface area contributed by atoms with E-state index in [0.717, 1.165) is 68.6 Å². The van der Waals surface area contributed by atoms with Gasteiger partial charge in [-0.25, -0.2) is 0 Å². The van der Waals surface area contributed by atoms with Gasteiger partial charge in [0.25, 0.3) is 0 Å². The summed E-state index contributed by atoms with van der Waals surface area (Å²) < 4.78 is 0. The first-order chi connectivity index (χ1) is 34.8. The van der Waals surface area contributed by atoms with Crippen molar-refractivity contribution < 1.29 is 0 Å². The first-order valence-corrected chi connectivity index (χ1v) is 24.5. The van der Waals surface area contributed by atoms with Gasteiger partial charge in [-0.15, -0.1) is 0 Å². The second-order valence-electron chi connectivity index (χ2n) is 18.5. The summed E-state index contributed by atoms with van der Waals surface area (Å²) >= 11 is 7.13. The molecule has 0 atom stereocenters. The highest BCUT2D eigenvalue weighted by Crippen LogP contribution is 2.47. The van der Waals surface area contributed by atoms with Crippen LogP contribution in [-0.2, 0) is 12.8 Å². The van der Waals surface area contributed by atoms with Gasteiger partial charge in [0.15, 0.2) is 0 Å². The maximum Gasteiger partial charge on any atom is 0.113 e. The number of hydrogen-bond acceptors (Lipinski definition) is 3. The summed E-state index contributed by atoms with van der Waals surface area (Å²) in [4.78, 5) is 6.70. The Morgan fingerprint density at radius 3 is 2.17 bits per heavy atom. The molecule has 10 aromatic carbocycles. The van der Waals surface area contributed by atoms with Crippen molar-refractivity contribution >= 4 is 91.3 Å². The van der Waals surface area contributed by atoms with E-state index in [1.54, 1.807) is 0 Å². The van der Waals surface area contributed by atoms with E-state index in [1.807, 2.05) is 77.8 Å². The lowest BCUT2D eigenvalue weighted by molar-refractivity contribution is 0.986. The zero-order chi connectivity index (χ0) is 48.0. The van der Waals surface area contributed by atoms with Crippen molar-refractivity contribution in [3.63, 3.8) is 0 Å². The average Bonchev–Trinajstić information content (AvgIpc) is 3.40. The minimum atomic E-state index is 0.573. The number of rotatable bonds is 10. The Labute approximate surface area is 420 Å². The normalized spacial score (nSPS) is 12.3. The Kier molecular flexibility index (Phi) is 11.4. The molecule has 2 radical (unpaired) electrons. The summed E-state index contributed by atoms with van der Waals surface area (Å²) in [5, 5.41) is 9.07. The molecule has 11 aromatic rings. The van der Waals surface area contributed by atoms with Crippen LogP contribution in [0.2, 0.25) is 5.02 Å². The van der Waals surface area contributed by atoms with Gasteiger partial charge in [-0.2, -0.15) is 0 Å². The Morgan fingerprint density at radius 1 is 0.620 bits per heavy atom. The molecule has 1 heterocycles. The third-order valence-corrected chi connectivity index (χ3v) is 14.3. The van der Waals surface area contributed by atoms with Crippen molar-refractivity contribution in [3.05, 3.63) is 253 Å². The number of nitrogens with zero attached hydrogens (tertiary/aromatic N) is 2. The maximum atomic E-state index is 7.13. The first kappa shape index (κ1) is 43.8. The van der Waals surface area contributed by atoms with Crippen LogP contribution in [0.4, 0.5) is 17.1 Å². The number of benzene rings is 10. The molecule has 2 N–H and O–H groups in total. The van der Waals surface area contributed by atoms with Crippen LogP contribution in [0.1, 0.15) is 23.1 Å². The van der Waals surface area contributed by atoms with Gasteiger partial charge in [0.2, 0.25) is 0 Å². The van der Waals surface area contributed by atoms with Crippen molar-refractivity contribution in [1.82, 2.24) is 4.98 Å². The summed E-state index contributed by atoms with van der Waals surface area (Å²) in [6, 6.07) is 68.9. The third kappa shape index (κ3) is 8.37. The molecule has 0 aliphatic heterocycles. The Balaban J connectivity index is 0.945. The van der Waals surface area contributed by atoms with Gasteiger partial charge in [-0.05, 0) is 174 Å². The zero-order valence-electron chi connectivity index (χ0n) is 39.1. The number of pyridine rings is 1. The summed E-state index contributed by atoms with van der Waals surface area (Å²) in [7, 11) is 6.35. The molecule has 0 saturated carbocycles. The van der Waals surface area contributed by atoms with Gasteiger partial charge in [-0.1, -0.05) is 175 Å². The number of aryl methyl sites for hydroxylation is 1. The van der Waals surface area contributed by atoms with Crippen LogP contribution >= 0.6 is 11.6 Å². The molecule has 0 bridgehead atoms. The fourth-order valence-corrected chi connectivity index (χ4v) is 10.8. The Morgan fingerprint density at radius 2 is 1.32 bits per heavy atom. The van der Waals surface area contributed by atoms with E-state index >= 15 is 0 Å². The standard InChI is InChI=1S/C66H47BClN3/c1-42(12-10-13-43-34-51-18-6-9-23-63(51)70-41-43)71(55-20-11-19-54(67)40-55)64-33-30-50(39-62(64)69)59-37-49(29-32-61(59)68)48-28-31-58-60(38-48)66(53-27-25-45-15-3-5-17-47(45)36-53)57-22-8-7-21-56(57)65(58)52-26-24-44-14-2-4-16-46(44)35-52/h2-4,6-12,14-16,18-41H,1,5,13,17,69H2/b12-10-. The number of aromatic nitrogens is 1. The summed E-state index contributed by atoms with van der Waals surface area (Å²) in [5.74, 6) is 0. The number of hydrogen-bond donors (Lipinski definition) is 1. The minimum Gasteiger partial charge on any atom is -0.397 e. The molecule has 5 heteroatoms. The quantitative estimate of drug-likeness (QED) is 0.0643. The molecule has 336 valence electrons. The second kappa shape index (κ2) is 18.5. The predicted octanol–water partition coefficient (Wildman–Crippen LogP) is 16.8. The highest BCUT2D eigenvalue weighted by molar-refractivity contribution is 6.33. The Hall–Kier alpha value is -8.44. The summed E-state index contributed by atoms with van der Waals surface area (Å²) in [6.45, 7) is 4.52. The van der Waals surface area contributed by atoms with Crippen molar-refractivity contribution in [1.29, 1.82) is 0 Å². The van der Waals surface area contributed by atoms with Crippen molar-refractivity contribution in [2.75, 3.05) is 10.6 Å². The molecule has 1 aliphatic rings. The molecule has 1 aromatic heterocycles. The summed E-state index contributed by atoms with van der Waals surface area (Å²) in [5.41, 5.74) is 24.3. The number of para-hydroxylation sites is 1. The van der Waals surface area contributed by atoms with E-state index in [2.05, 4.69) is 163 Å². The van der Waals surface area contributed by atoms with Gasteiger partial charge in [0.1, 0.15) is 7.85 Å². The molecule has 0 unspecified atom stereocenters. The highest BCUT2D eigenvalue weighted by atomic mass is 35.5. The van der Waals surface area contributed by atoms with Crippen LogP contribution in [0.25, 0.3) is 93.8 Å². The Bertz CT molecular complexity index is 4000. The SMILES string of the molecule is [B]c1cccc(N(C(=C)/C=C\Cc2cnc3ccccc3c2)c2ccc(-c3cc(-c4ccc5c(-c6ccc7ccccc7c6)c6ccccc6c(-c6ccc7c(c6)CCC=C7)c5c4)ccc3Cl)cc2N)c1. The number of allylic oxidation sites excluding steroid dienone is 3. The molecular formula is C66H47BClN3. The number of nitrogen functional groups attached to an aromatic ring is 1. The van der Waals surface area contributed by atoms with Crippen LogP contribution in [0, 0.1) is 0 Å². The lowest BCUT2D eigenvalue weighted by atomic mass is 9.83. The smallest absolute Gasteiger partial charge is 0.113 e. The molecular weight excluding hydrogens is 881 g/mol. The first-order valence-electron chi connectivity index (χ1n) is 24.1.